The Balaban J connectivity index is 1.42. The number of ketones is 1. The van der Waals surface area contributed by atoms with Gasteiger partial charge in [0.25, 0.3) is 0 Å². The Morgan fingerprint density at radius 2 is 1.96 bits per heavy atom. The van der Waals surface area contributed by atoms with Crippen molar-refractivity contribution in [2.75, 3.05) is 19.6 Å². The number of fused-ring (bicyclic) bond motifs is 1. The first-order chi connectivity index (χ1) is 13.4. The third-order valence-corrected chi connectivity index (χ3v) is 8.16. The van der Waals surface area contributed by atoms with E-state index >= 15 is 0 Å². The molecule has 0 saturated carbocycles. The summed E-state index contributed by atoms with van der Waals surface area (Å²) in [4.78, 5) is 18.4. The van der Waals surface area contributed by atoms with Crippen molar-refractivity contribution in [3.8, 4) is 0 Å². The van der Waals surface area contributed by atoms with Gasteiger partial charge in [-0.1, -0.05) is 6.07 Å². The van der Waals surface area contributed by atoms with Crippen LogP contribution in [-0.4, -0.2) is 55.0 Å². The summed E-state index contributed by atoms with van der Waals surface area (Å²) in [5, 5.41) is -0.357. The highest BCUT2D eigenvalue weighted by Crippen LogP contribution is 2.21. The van der Waals surface area contributed by atoms with Gasteiger partial charge < -0.3 is 0 Å². The number of hydrogen-bond donors (Lipinski definition) is 1. The normalized spacial score (nSPS) is 19.9. The molecule has 28 heavy (non-hydrogen) atoms. The molecule has 1 aliphatic carbocycles. The van der Waals surface area contributed by atoms with Crippen LogP contribution in [0.2, 0.25) is 0 Å². The molecule has 1 unspecified atom stereocenters. The molecule has 0 spiro atoms. The van der Waals surface area contributed by atoms with Crippen molar-refractivity contribution >= 4 is 15.8 Å². The Kier molecular flexibility index (Phi) is 7.23. The van der Waals surface area contributed by atoms with Gasteiger partial charge in [-0.2, -0.15) is 0 Å². The van der Waals surface area contributed by atoms with Gasteiger partial charge in [0.2, 0.25) is 10.0 Å². The molecule has 1 fully saturated rings. The first kappa shape index (κ1) is 21.4. The number of sulfonamides is 1. The summed E-state index contributed by atoms with van der Waals surface area (Å²) >= 11 is 0. The number of piperidine rings is 1. The molecule has 1 atom stereocenters. The molecule has 0 radical (unpaired) electrons. The lowest BCUT2D eigenvalue weighted by Crippen LogP contribution is -2.48. The van der Waals surface area contributed by atoms with E-state index in [1.54, 1.807) is 6.92 Å². The van der Waals surface area contributed by atoms with Gasteiger partial charge in [-0.05, 0) is 76.8 Å². The minimum absolute atomic E-state index is 0.124. The zero-order valence-electron chi connectivity index (χ0n) is 17.1. The van der Waals surface area contributed by atoms with Crippen molar-refractivity contribution in [3.05, 3.63) is 29.1 Å². The summed E-state index contributed by atoms with van der Waals surface area (Å²) in [6.45, 7) is 5.25. The van der Waals surface area contributed by atoms with Crippen LogP contribution in [0, 0.1) is 0 Å². The molecule has 3 rings (SSSR count). The first-order valence-corrected chi connectivity index (χ1v) is 12.1. The lowest BCUT2D eigenvalue weighted by atomic mass is 9.95. The van der Waals surface area contributed by atoms with Gasteiger partial charge in [-0.3, -0.25) is 14.7 Å². The fourth-order valence-corrected chi connectivity index (χ4v) is 5.69. The van der Waals surface area contributed by atoms with Crippen molar-refractivity contribution in [2.24, 2.45) is 0 Å². The Morgan fingerprint density at radius 1 is 1.25 bits per heavy atom. The fraction of sp³-hybridized carbons (Fsp3) is 0.714. The number of aromatic nitrogens is 1. The second-order valence-corrected chi connectivity index (χ2v) is 10.2. The van der Waals surface area contributed by atoms with Crippen LogP contribution in [0.1, 0.15) is 62.9 Å². The van der Waals surface area contributed by atoms with Gasteiger partial charge in [0.1, 0.15) is 5.78 Å². The van der Waals surface area contributed by atoms with E-state index in [4.69, 9.17) is 4.98 Å². The summed E-state index contributed by atoms with van der Waals surface area (Å²) in [5.74, 6) is 0.134. The lowest BCUT2D eigenvalue weighted by molar-refractivity contribution is -0.121. The van der Waals surface area contributed by atoms with Crippen molar-refractivity contribution in [3.63, 3.8) is 0 Å². The SMILES string of the molecule is CC(=O)C(C)N1CCC(S(=O)(=O)NCCCc2ccc3c(n2)CCCC3)CC1. The largest absolute Gasteiger partial charge is 0.298 e. The highest BCUT2D eigenvalue weighted by molar-refractivity contribution is 7.90. The summed E-state index contributed by atoms with van der Waals surface area (Å²) in [5.41, 5.74) is 3.67. The molecule has 0 aromatic carbocycles. The number of likely N-dealkylation sites (tertiary alicyclic amines) is 1. The summed E-state index contributed by atoms with van der Waals surface area (Å²) in [7, 11) is -3.30. The average molecular weight is 408 g/mol. The standard InChI is InChI=1S/C21H33N3O3S/c1-16(17(2)25)24-14-11-20(12-15-24)28(26,27)22-13-5-7-19-10-9-18-6-3-4-8-21(18)23-19/h9-10,16,20,22H,3-8,11-15H2,1-2H3. The van der Waals surface area contributed by atoms with E-state index in [9.17, 15) is 13.2 Å². The second kappa shape index (κ2) is 9.46. The number of aryl methyl sites for hydroxylation is 3. The number of nitrogens with zero attached hydrogens (tertiary/aromatic N) is 2. The predicted molar refractivity (Wildman–Crippen MR) is 111 cm³/mol. The van der Waals surface area contributed by atoms with Crippen molar-refractivity contribution < 1.29 is 13.2 Å². The Morgan fingerprint density at radius 3 is 2.68 bits per heavy atom. The molecule has 6 nitrogen and oxygen atoms in total. The molecule has 7 heteroatoms. The number of rotatable bonds is 8. The zero-order valence-corrected chi connectivity index (χ0v) is 17.9. The lowest BCUT2D eigenvalue weighted by Gasteiger charge is -2.34. The molecule has 1 N–H and O–H groups in total. The van der Waals surface area contributed by atoms with E-state index < -0.39 is 10.0 Å². The van der Waals surface area contributed by atoms with Gasteiger partial charge in [0, 0.05) is 31.0 Å². The summed E-state index contributed by atoms with van der Waals surface area (Å²) in [6, 6.07) is 4.15. The third-order valence-electron chi connectivity index (χ3n) is 6.20. The smallest absolute Gasteiger partial charge is 0.214 e. The van der Waals surface area contributed by atoms with E-state index in [0.717, 1.165) is 31.4 Å². The minimum atomic E-state index is -3.30. The molecular weight excluding hydrogens is 374 g/mol. The molecule has 0 amide bonds. The number of carbonyl (C=O) groups is 1. The number of hydrogen-bond acceptors (Lipinski definition) is 5. The van der Waals surface area contributed by atoms with E-state index in [1.807, 2.05) is 6.92 Å². The molecule has 0 bridgehead atoms. The highest BCUT2D eigenvalue weighted by Gasteiger charge is 2.31. The number of carbonyl (C=O) groups excluding carboxylic acids is 1. The van der Waals surface area contributed by atoms with Gasteiger partial charge in [0.05, 0.1) is 11.3 Å². The van der Waals surface area contributed by atoms with Crippen LogP contribution in [0.15, 0.2) is 12.1 Å². The van der Waals surface area contributed by atoms with E-state index in [2.05, 4.69) is 21.8 Å². The number of nitrogens with one attached hydrogen (secondary N) is 1. The quantitative estimate of drug-likeness (QED) is 0.669. The van der Waals surface area contributed by atoms with Crippen LogP contribution in [0.25, 0.3) is 0 Å². The van der Waals surface area contributed by atoms with Crippen molar-refractivity contribution in [2.45, 2.75) is 76.5 Å². The average Bonchev–Trinajstić information content (AvgIpc) is 2.70. The fourth-order valence-electron chi connectivity index (χ4n) is 4.20. The maximum absolute atomic E-state index is 12.6. The molecule has 1 aromatic heterocycles. The zero-order chi connectivity index (χ0) is 20.1. The van der Waals surface area contributed by atoms with Gasteiger partial charge >= 0.3 is 0 Å². The van der Waals surface area contributed by atoms with E-state index in [-0.39, 0.29) is 17.1 Å². The highest BCUT2D eigenvalue weighted by atomic mass is 32.2. The van der Waals surface area contributed by atoms with E-state index in [1.165, 1.54) is 24.1 Å². The minimum Gasteiger partial charge on any atom is -0.298 e. The monoisotopic (exact) mass is 407 g/mol. The van der Waals surface area contributed by atoms with Gasteiger partial charge in [-0.15, -0.1) is 0 Å². The molecule has 1 saturated heterocycles. The summed E-state index contributed by atoms with van der Waals surface area (Å²) < 4.78 is 28.0. The summed E-state index contributed by atoms with van der Waals surface area (Å²) in [6.07, 6.45) is 7.38. The Hall–Kier alpha value is -1.31. The van der Waals surface area contributed by atoms with Crippen LogP contribution in [0.5, 0.6) is 0 Å². The second-order valence-electron chi connectivity index (χ2n) is 8.18. The molecule has 1 aromatic rings. The van der Waals surface area contributed by atoms with Crippen LogP contribution < -0.4 is 4.72 Å². The van der Waals surface area contributed by atoms with E-state index in [0.29, 0.717) is 32.5 Å². The maximum atomic E-state index is 12.6. The molecule has 156 valence electrons. The third kappa shape index (κ3) is 5.39. The van der Waals surface area contributed by atoms with Gasteiger partial charge in [-0.25, -0.2) is 13.1 Å². The van der Waals surface area contributed by atoms with Crippen LogP contribution in [0.4, 0.5) is 0 Å². The van der Waals surface area contributed by atoms with Crippen LogP contribution in [-0.2, 0) is 34.1 Å². The Labute approximate surface area is 169 Å². The molecule has 2 heterocycles. The number of pyridine rings is 1. The van der Waals surface area contributed by atoms with Crippen LogP contribution >= 0.6 is 0 Å². The van der Waals surface area contributed by atoms with Crippen molar-refractivity contribution in [1.29, 1.82) is 0 Å². The van der Waals surface area contributed by atoms with Gasteiger partial charge in [0.15, 0.2) is 0 Å². The Bertz CT molecular complexity index is 786. The predicted octanol–water partition coefficient (Wildman–Crippen LogP) is 2.25. The molecule has 2 aliphatic rings. The maximum Gasteiger partial charge on any atom is 0.214 e. The molecular formula is C21H33N3O3S. The topological polar surface area (TPSA) is 79.4 Å². The van der Waals surface area contributed by atoms with Crippen LogP contribution in [0.3, 0.4) is 0 Å². The number of Topliss-reactive ketones (excluding diaryl/α,β-unsaturated/α-hetero) is 1. The van der Waals surface area contributed by atoms with Crippen molar-refractivity contribution in [1.82, 2.24) is 14.6 Å². The molecule has 1 aliphatic heterocycles. The first-order valence-electron chi connectivity index (χ1n) is 10.6.